The number of benzene rings is 1. The van der Waals surface area contributed by atoms with Gasteiger partial charge in [0, 0.05) is 6.20 Å². The molecule has 0 fully saturated rings. The molecule has 1 aromatic carbocycles. The van der Waals surface area contributed by atoms with Gasteiger partial charge in [0.1, 0.15) is 11.5 Å². The van der Waals surface area contributed by atoms with Crippen LogP contribution in [0.15, 0.2) is 47.8 Å². The van der Waals surface area contributed by atoms with E-state index in [0.717, 1.165) is 3.97 Å². The summed E-state index contributed by atoms with van der Waals surface area (Å²) in [5.41, 5.74) is 0.947. The minimum absolute atomic E-state index is 0.230. The van der Waals surface area contributed by atoms with Gasteiger partial charge < -0.3 is 0 Å². The van der Waals surface area contributed by atoms with Crippen molar-refractivity contribution in [3.63, 3.8) is 0 Å². The molecule has 20 heavy (non-hydrogen) atoms. The average Bonchev–Trinajstić information content (AvgIpc) is 2.85. The summed E-state index contributed by atoms with van der Waals surface area (Å²) in [5, 5.41) is 0.736. The lowest BCUT2D eigenvalue weighted by Crippen LogP contribution is -2.13. The van der Waals surface area contributed by atoms with E-state index in [1.165, 1.54) is 12.5 Å². The number of hydrogen-bond acceptors (Lipinski definition) is 4. The van der Waals surface area contributed by atoms with Crippen molar-refractivity contribution in [3.8, 4) is 0 Å². The number of aryl methyl sites for hydroxylation is 1. The summed E-state index contributed by atoms with van der Waals surface area (Å²) >= 11 is 5.94. The predicted octanol–water partition coefficient (Wildman–Crippen LogP) is 2.63. The van der Waals surface area contributed by atoms with Crippen molar-refractivity contribution in [1.29, 1.82) is 0 Å². The Bertz CT molecular complexity index is 903. The molecule has 3 rings (SSSR count). The van der Waals surface area contributed by atoms with E-state index >= 15 is 0 Å². The first-order chi connectivity index (χ1) is 9.51. The van der Waals surface area contributed by atoms with Crippen LogP contribution < -0.4 is 0 Å². The van der Waals surface area contributed by atoms with Crippen molar-refractivity contribution >= 4 is 32.7 Å². The van der Waals surface area contributed by atoms with Crippen LogP contribution >= 0.6 is 11.6 Å². The van der Waals surface area contributed by atoms with Gasteiger partial charge in [-0.1, -0.05) is 29.8 Å². The largest absolute Gasteiger partial charge is 0.269 e. The van der Waals surface area contributed by atoms with E-state index in [0.29, 0.717) is 10.9 Å². The zero-order valence-electron chi connectivity index (χ0n) is 10.5. The summed E-state index contributed by atoms with van der Waals surface area (Å²) < 4.78 is 26.5. The summed E-state index contributed by atoms with van der Waals surface area (Å²) in [6.45, 7) is 1.75. The van der Waals surface area contributed by atoms with Crippen LogP contribution in [0.2, 0.25) is 5.15 Å². The molecule has 0 bridgehead atoms. The van der Waals surface area contributed by atoms with E-state index < -0.39 is 10.0 Å². The number of nitrogens with zero attached hydrogens (tertiary/aromatic N) is 3. The summed E-state index contributed by atoms with van der Waals surface area (Å²) in [7, 11) is -3.70. The van der Waals surface area contributed by atoms with Crippen LogP contribution in [-0.4, -0.2) is 22.4 Å². The first kappa shape index (κ1) is 13.1. The standard InChI is InChI=1S/C13H10ClN3O2S/c1-9-4-2-3-5-11(9)20(18,19)17-7-6-10-12(14)15-8-16-13(10)17/h2-8H,1H3. The van der Waals surface area contributed by atoms with Crippen LogP contribution in [0.3, 0.4) is 0 Å². The number of fused-ring (bicyclic) bond motifs is 1. The maximum atomic E-state index is 12.7. The van der Waals surface area contributed by atoms with Crippen molar-refractivity contribution in [2.24, 2.45) is 0 Å². The zero-order chi connectivity index (χ0) is 14.3. The molecule has 0 radical (unpaired) electrons. The van der Waals surface area contributed by atoms with Gasteiger partial charge in [0.05, 0.1) is 10.3 Å². The normalized spacial score (nSPS) is 11.9. The Morgan fingerprint density at radius 1 is 1.15 bits per heavy atom. The molecule has 0 N–H and O–H groups in total. The van der Waals surface area contributed by atoms with Crippen LogP contribution in [0.1, 0.15) is 5.56 Å². The molecule has 0 atom stereocenters. The number of aromatic nitrogens is 3. The maximum Gasteiger partial charge on any atom is 0.269 e. The topological polar surface area (TPSA) is 64.8 Å². The SMILES string of the molecule is Cc1ccccc1S(=O)(=O)n1ccc2c(Cl)ncnc21. The lowest BCUT2D eigenvalue weighted by Gasteiger charge is -2.09. The number of hydrogen-bond donors (Lipinski definition) is 0. The molecule has 7 heteroatoms. The molecule has 0 saturated carbocycles. The second kappa shape index (κ2) is 4.57. The van der Waals surface area contributed by atoms with Crippen LogP contribution in [0.4, 0.5) is 0 Å². The Balaban J connectivity index is 2.31. The van der Waals surface area contributed by atoms with Crippen LogP contribution in [0, 0.1) is 6.92 Å². The Morgan fingerprint density at radius 3 is 2.65 bits per heavy atom. The van der Waals surface area contributed by atoms with Gasteiger partial charge in [0.2, 0.25) is 0 Å². The number of halogens is 1. The minimum Gasteiger partial charge on any atom is -0.224 e. The molecular weight excluding hydrogens is 298 g/mol. The zero-order valence-corrected chi connectivity index (χ0v) is 12.1. The van der Waals surface area contributed by atoms with Gasteiger partial charge in [-0.3, -0.25) is 0 Å². The van der Waals surface area contributed by atoms with Crippen LogP contribution in [0.25, 0.3) is 11.0 Å². The molecule has 2 heterocycles. The van der Waals surface area contributed by atoms with Gasteiger partial charge in [0.25, 0.3) is 10.0 Å². The fourth-order valence-electron chi connectivity index (χ4n) is 2.04. The molecule has 0 aliphatic carbocycles. The lowest BCUT2D eigenvalue weighted by atomic mass is 10.2. The highest BCUT2D eigenvalue weighted by Gasteiger charge is 2.22. The van der Waals surface area contributed by atoms with E-state index in [-0.39, 0.29) is 15.7 Å². The Labute approximate surface area is 120 Å². The number of rotatable bonds is 2. The average molecular weight is 308 g/mol. The minimum atomic E-state index is -3.70. The van der Waals surface area contributed by atoms with Gasteiger partial charge >= 0.3 is 0 Å². The fourth-order valence-corrected chi connectivity index (χ4v) is 3.77. The fraction of sp³-hybridized carbons (Fsp3) is 0.0769. The van der Waals surface area contributed by atoms with Crippen molar-refractivity contribution in [2.45, 2.75) is 11.8 Å². The second-order valence-corrected chi connectivity index (χ2v) is 6.43. The van der Waals surface area contributed by atoms with Crippen molar-refractivity contribution < 1.29 is 8.42 Å². The van der Waals surface area contributed by atoms with Crippen LogP contribution in [0.5, 0.6) is 0 Å². The molecule has 0 aliphatic rings. The van der Waals surface area contributed by atoms with Gasteiger partial charge in [-0.25, -0.2) is 22.4 Å². The Kier molecular flexibility index (Phi) is 2.99. The first-order valence-corrected chi connectivity index (χ1v) is 7.62. The molecule has 5 nitrogen and oxygen atoms in total. The van der Waals surface area contributed by atoms with Gasteiger partial charge in [-0.05, 0) is 24.6 Å². The van der Waals surface area contributed by atoms with E-state index in [1.54, 1.807) is 37.3 Å². The highest BCUT2D eigenvalue weighted by Crippen LogP contribution is 2.25. The van der Waals surface area contributed by atoms with E-state index in [9.17, 15) is 8.42 Å². The molecule has 0 amide bonds. The van der Waals surface area contributed by atoms with Crippen molar-refractivity contribution in [2.75, 3.05) is 0 Å². The molecule has 2 aromatic heterocycles. The van der Waals surface area contributed by atoms with E-state index in [4.69, 9.17) is 11.6 Å². The summed E-state index contributed by atoms with van der Waals surface area (Å²) in [6, 6.07) is 8.39. The molecule has 3 aromatic rings. The third-order valence-corrected chi connectivity index (χ3v) is 5.16. The quantitative estimate of drug-likeness (QED) is 0.683. The molecule has 0 unspecified atom stereocenters. The summed E-state index contributed by atoms with van der Waals surface area (Å²) in [5.74, 6) is 0. The highest BCUT2D eigenvalue weighted by molar-refractivity contribution is 7.90. The highest BCUT2D eigenvalue weighted by atomic mass is 35.5. The molecule has 102 valence electrons. The maximum absolute atomic E-state index is 12.7. The summed E-state index contributed by atoms with van der Waals surface area (Å²) in [6.07, 6.45) is 2.68. The monoisotopic (exact) mass is 307 g/mol. The van der Waals surface area contributed by atoms with Crippen molar-refractivity contribution in [1.82, 2.24) is 13.9 Å². The molecule has 0 spiro atoms. The third-order valence-electron chi connectivity index (χ3n) is 3.03. The lowest BCUT2D eigenvalue weighted by molar-refractivity contribution is 0.588. The predicted molar refractivity (Wildman–Crippen MR) is 76.3 cm³/mol. The van der Waals surface area contributed by atoms with Crippen LogP contribution in [-0.2, 0) is 10.0 Å². The van der Waals surface area contributed by atoms with Gasteiger partial charge in [-0.15, -0.1) is 0 Å². The molecule has 0 saturated heterocycles. The van der Waals surface area contributed by atoms with E-state index in [2.05, 4.69) is 9.97 Å². The molecule has 0 aliphatic heterocycles. The van der Waals surface area contributed by atoms with E-state index in [1.807, 2.05) is 0 Å². The van der Waals surface area contributed by atoms with Gasteiger partial charge in [0.15, 0.2) is 5.65 Å². The smallest absolute Gasteiger partial charge is 0.224 e. The second-order valence-electron chi connectivity index (χ2n) is 4.28. The third kappa shape index (κ3) is 1.88. The Hall–Kier alpha value is -1.92. The van der Waals surface area contributed by atoms with Crippen molar-refractivity contribution in [3.05, 3.63) is 53.6 Å². The van der Waals surface area contributed by atoms with Gasteiger partial charge in [-0.2, -0.15) is 0 Å². The molecular formula is C13H10ClN3O2S. The summed E-state index contributed by atoms with van der Waals surface area (Å²) in [4.78, 5) is 8.09. The Morgan fingerprint density at radius 2 is 1.90 bits per heavy atom. The first-order valence-electron chi connectivity index (χ1n) is 5.80.